The van der Waals surface area contributed by atoms with Crippen molar-refractivity contribution in [3.63, 3.8) is 0 Å². The lowest BCUT2D eigenvalue weighted by molar-refractivity contribution is -0.119. The highest BCUT2D eigenvalue weighted by atomic mass is 32.2. The van der Waals surface area contributed by atoms with Crippen LogP contribution in [0.15, 0.2) is 35.4 Å². The fourth-order valence-electron chi connectivity index (χ4n) is 3.94. The second-order valence-corrected chi connectivity index (χ2v) is 9.10. The van der Waals surface area contributed by atoms with Gasteiger partial charge in [-0.3, -0.25) is 9.78 Å². The maximum absolute atomic E-state index is 13.2. The summed E-state index contributed by atoms with van der Waals surface area (Å²) in [6.45, 7) is 3.44. The smallest absolute Gasteiger partial charge is 0.245 e. The van der Waals surface area contributed by atoms with E-state index in [0.717, 1.165) is 10.9 Å². The quantitative estimate of drug-likeness (QED) is 0.887. The lowest BCUT2D eigenvalue weighted by atomic mass is 9.78. The summed E-state index contributed by atoms with van der Waals surface area (Å²) < 4.78 is 28.0. The Labute approximate surface area is 147 Å². The average Bonchev–Trinajstić information content (AvgIpc) is 2.94. The van der Waals surface area contributed by atoms with Crippen LogP contribution >= 0.6 is 0 Å². The number of aryl methyl sites for hydroxylation is 1. The molecule has 0 bridgehead atoms. The summed E-state index contributed by atoms with van der Waals surface area (Å²) in [5.41, 5.74) is 1.35. The minimum absolute atomic E-state index is 0.0734. The van der Waals surface area contributed by atoms with Gasteiger partial charge < -0.3 is 5.32 Å². The van der Waals surface area contributed by atoms with Crippen molar-refractivity contribution in [2.45, 2.75) is 31.1 Å². The van der Waals surface area contributed by atoms with Crippen molar-refractivity contribution >= 4 is 26.8 Å². The Morgan fingerprint density at radius 2 is 2.00 bits per heavy atom. The number of benzene rings is 1. The van der Waals surface area contributed by atoms with Gasteiger partial charge >= 0.3 is 0 Å². The highest BCUT2D eigenvalue weighted by Crippen LogP contribution is 2.39. The number of rotatable bonds is 2. The number of piperidine rings is 1. The van der Waals surface area contributed by atoms with Gasteiger partial charge in [-0.25, -0.2) is 8.42 Å². The summed E-state index contributed by atoms with van der Waals surface area (Å²) in [5, 5.41) is 3.71. The number of nitrogens with one attached hydrogen (secondary N) is 1. The summed E-state index contributed by atoms with van der Waals surface area (Å²) in [7, 11) is -3.61. The van der Waals surface area contributed by atoms with Crippen LogP contribution < -0.4 is 5.32 Å². The van der Waals surface area contributed by atoms with E-state index in [-0.39, 0.29) is 16.2 Å². The fraction of sp³-hybridized carbons (Fsp3) is 0.444. The third kappa shape index (κ3) is 2.81. The van der Waals surface area contributed by atoms with E-state index in [1.807, 2.05) is 25.1 Å². The lowest BCUT2D eigenvalue weighted by Gasteiger charge is -2.37. The Morgan fingerprint density at radius 3 is 2.68 bits per heavy atom. The van der Waals surface area contributed by atoms with Crippen molar-refractivity contribution in [1.82, 2.24) is 14.6 Å². The Morgan fingerprint density at radius 1 is 1.24 bits per heavy atom. The van der Waals surface area contributed by atoms with Crippen molar-refractivity contribution < 1.29 is 13.2 Å². The molecule has 2 saturated heterocycles. The van der Waals surface area contributed by atoms with Gasteiger partial charge in [-0.15, -0.1) is 0 Å². The zero-order chi connectivity index (χ0) is 17.7. The largest absolute Gasteiger partial charge is 0.356 e. The van der Waals surface area contributed by atoms with Gasteiger partial charge in [0.2, 0.25) is 15.9 Å². The van der Waals surface area contributed by atoms with Gasteiger partial charge in [0, 0.05) is 37.6 Å². The number of sulfonamides is 1. The molecule has 2 fully saturated rings. The second-order valence-electron chi connectivity index (χ2n) is 7.20. The van der Waals surface area contributed by atoms with Gasteiger partial charge in [0.25, 0.3) is 0 Å². The standard InChI is InChI=1S/C18H21N3O3S/c1-13-9-14-3-2-6-19-17(14)15(10-13)25(23,24)21-7-4-18(5-8-21)11-16(22)20-12-18/h2-3,6,9-10H,4-5,7-8,11-12H2,1H3,(H,20,22). The van der Waals surface area contributed by atoms with Crippen LogP contribution in [0, 0.1) is 12.3 Å². The molecule has 0 radical (unpaired) electrons. The van der Waals surface area contributed by atoms with E-state index in [1.54, 1.807) is 16.6 Å². The first-order valence-corrected chi connectivity index (χ1v) is 9.96. The molecule has 0 atom stereocenters. The van der Waals surface area contributed by atoms with Crippen LogP contribution in [0.1, 0.15) is 24.8 Å². The number of pyridine rings is 1. The molecule has 132 valence electrons. The number of nitrogens with zero attached hydrogens (tertiary/aromatic N) is 2. The molecule has 2 aliphatic rings. The summed E-state index contributed by atoms with van der Waals surface area (Å²) in [6, 6.07) is 7.35. The van der Waals surface area contributed by atoms with Crippen molar-refractivity contribution in [2.24, 2.45) is 5.41 Å². The first-order valence-electron chi connectivity index (χ1n) is 8.52. The van der Waals surface area contributed by atoms with Crippen LogP contribution in [0.4, 0.5) is 0 Å². The van der Waals surface area contributed by atoms with Gasteiger partial charge in [-0.1, -0.05) is 6.07 Å². The van der Waals surface area contributed by atoms with Crippen molar-refractivity contribution in [1.29, 1.82) is 0 Å². The number of carbonyl (C=O) groups excluding carboxylic acids is 1. The monoisotopic (exact) mass is 359 g/mol. The molecule has 0 aliphatic carbocycles. The highest BCUT2D eigenvalue weighted by molar-refractivity contribution is 7.89. The Balaban J connectivity index is 1.66. The third-order valence-electron chi connectivity index (χ3n) is 5.41. The molecule has 25 heavy (non-hydrogen) atoms. The highest BCUT2D eigenvalue weighted by Gasteiger charge is 2.43. The molecule has 1 N–H and O–H groups in total. The molecule has 0 unspecified atom stereocenters. The molecule has 1 amide bonds. The second kappa shape index (κ2) is 5.78. The first-order chi connectivity index (χ1) is 11.9. The molecular weight excluding hydrogens is 338 g/mol. The molecule has 1 spiro atoms. The van der Waals surface area contributed by atoms with Crippen LogP contribution in [0.5, 0.6) is 0 Å². The molecule has 6 nitrogen and oxygen atoms in total. The molecule has 3 heterocycles. The van der Waals surface area contributed by atoms with E-state index in [9.17, 15) is 13.2 Å². The molecule has 4 rings (SSSR count). The maximum atomic E-state index is 13.2. The van der Waals surface area contributed by atoms with Crippen LogP contribution in [0.3, 0.4) is 0 Å². The molecular formula is C18H21N3O3S. The van der Waals surface area contributed by atoms with Crippen LogP contribution in [-0.2, 0) is 14.8 Å². The SMILES string of the molecule is Cc1cc(S(=O)(=O)N2CCC3(CC2)CNC(=O)C3)c2ncccc2c1. The van der Waals surface area contributed by atoms with Gasteiger partial charge in [-0.2, -0.15) is 4.31 Å². The van der Waals surface area contributed by atoms with Crippen LogP contribution in [0.2, 0.25) is 0 Å². The van der Waals surface area contributed by atoms with E-state index in [4.69, 9.17) is 0 Å². The predicted octanol–water partition coefficient (Wildman–Crippen LogP) is 1.83. The molecule has 1 aromatic heterocycles. The molecule has 1 aromatic carbocycles. The molecule has 0 saturated carbocycles. The van der Waals surface area contributed by atoms with Crippen molar-refractivity contribution in [2.75, 3.05) is 19.6 Å². The number of aromatic nitrogens is 1. The predicted molar refractivity (Wildman–Crippen MR) is 94.5 cm³/mol. The fourth-order valence-corrected chi connectivity index (χ4v) is 5.64. The topological polar surface area (TPSA) is 79.4 Å². The van der Waals surface area contributed by atoms with Crippen LogP contribution in [-0.4, -0.2) is 43.2 Å². The number of fused-ring (bicyclic) bond motifs is 1. The third-order valence-corrected chi connectivity index (χ3v) is 7.32. The van der Waals surface area contributed by atoms with Gasteiger partial charge in [0.1, 0.15) is 4.90 Å². The molecule has 7 heteroatoms. The minimum Gasteiger partial charge on any atom is -0.356 e. The van der Waals surface area contributed by atoms with Gasteiger partial charge in [0.05, 0.1) is 5.52 Å². The lowest BCUT2D eigenvalue weighted by Crippen LogP contribution is -2.44. The summed E-state index contributed by atoms with van der Waals surface area (Å²) >= 11 is 0. The summed E-state index contributed by atoms with van der Waals surface area (Å²) in [6.07, 6.45) is 3.55. The van der Waals surface area contributed by atoms with E-state index in [1.165, 1.54) is 0 Å². The normalized spacial score (nSPS) is 20.9. The van der Waals surface area contributed by atoms with Crippen LogP contribution in [0.25, 0.3) is 10.9 Å². The number of hydrogen-bond donors (Lipinski definition) is 1. The Kier molecular flexibility index (Phi) is 3.81. The van der Waals surface area contributed by atoms with E-state index < -0.39 is 10.0 Å². The van der Waals surface area contributed by atoms with Crippen molar-refractivity contribution in [3.05, 3.63) is 36.0 Å². The van der Waals surface area contributed by atoms with E-state index in [2.05, 4.69) is 10.3 Å². The Bertz CT molecular complexity index is 947. The molecule has 2 aliphatic heterocycles. The Hall–Kier alpha value is -1.99. The van der Waals surface area contributed by atoms with Crippen molar-refractivity contribution in [3.8, 4) is 0 Å². The number of carbonyl (C=O) groups is 1. The number of amides is 1. The van der Waals surface area contributed by atoms with E-state index >= 15 is 0 Å². The maximum Gasteiger partial charge on any atom is 0.245 e. The summed E-state index contributed by atoms with van der Waals surface area (Å²) in [4.78, 5) is 16.1. The zero-order valence-electron chi connectivity index (χ0n) is 14.2. The average molecular weight is 359 g/mol. The summed E-state index contributed by atoms with van der Waals surface area (Å²) in [5.74, 6) is 0.0742. The number of hydrogen-bond acceptors (Lipinski definition) is 4. The molecule has 2 aromatic rings. The van der Waals surface area contributed by atoms with E-state index in [0.29, 0.717) is 44.4 Å². The minimum atomic E-state index is -3.61. The van der Waals surface area contributed by atoms with Gasteiger partial charge in [0.15, 0.2) is 0 Å². The first kappa shape index (κ1) is 16.5. The van der Waals surface area contributed by atoms with Gasteiger partial charge in [-0.05, 0) is 48.9 Å². The zero-order valence-corrected chi connectivity index (χ0v) is 15.0.